The molecule has 0 spiro atoms. The average molecular weight is 198 g/mol. The summed E-state index contributed by atoms with van der Waals surface area (Å²) >= 11 is 0. The maximum absolute atomic E-state index is 11.7. The number of hydrogen-bond acceptors (Lipinski definition) is 2. The lowest BCUT2D eigenvalue weighted by Gasteiger charge is -2.28. The molecule has 1 rings (SSSR count). The van der Waals surface area contributed by atoms with Gasteiger partial charge >= 0.3 is 0 Å². The summed E-state index contributed by atoms with van der Waals surface area (Å²) in [5, 5.41) is 3.01. The molecule has 0 radical (unpaired) electrons. The highest BCUT2D eigenvalue weighted by Crippen LogP contribution is 2.14. The smallest absolute Gasteiger partial charge is 0.224 e. The van der Waals surface area contributed by atoms with E-state index in [1.54, 1.807) is 0 Å². The lowest BCUT2D eigenvalue weighted by atomic mass is 9.97. The summed E-state index contributed by atoms with van der Waals surface area (Å²) in [6, 6.07) is 0. The summed E-state index contributed by atoms with van der Waals surface area (Å²) in [5.74, 6) is 0.482. The van der Waals surface area contributed by atoms with Crippen molar-refractivity contribution in [2.45, 2.75) is 32.6 Å². The zero-order chi connectivity index (χ0) is 10.4. The van der Waals surface area contributed by atoms with Crippen LogP contribution in [0, 0.1) is 5.92 Å². The zero-order valence-electron chi connectivity index (χ0n) is 9.38. The van der Waals surface area contributed by atoms with E-state index in [0.29, 0.717) is 0 Å². The third-order valence-corrected chi connectivity index (χ3v) is 2.82. The van der Waals surface area contributed by atoms with Crippen molar-refractivity contribution in [1.29, 1.82) is 0 Å². The fraction of sp³-hybridized carbons (Fsp3) is 0.909. The van der Waals surface area contributed by atoms with E-state index in [9.17, 15) is 4.79 Å². The molecule has 1 N–H and O–H groups in total. The number of rotatable bonds is 4. The maximum Gasteiger partial charge on any atom is 0.224 e. The second kappa shape index (κ2) is 6.02. The van der Waals surface area contributed by atoms with Crippen LogP contribution in [-0.4, -0.2) is 37.5 Å². The highest BCUT2D eigenvalue weighted by molar-refractivity contribution is 5.78. The lowest BCUT2D eigenvalue weighted by molar-refractivity contribution is -0.126. The lowest BCUT2D eigenvalue weighted by Crippen LogP contribution is -2.41. The van der Waals surface area contributed by atoms with Crippen molar-refractivity contribution in [1.82, 2.24) is 10.2 Å². The molecule has 0 saturated carbocycles. The van der Waals surface area contributed by atoms with Crippen LogP contribution < -0.4 is 5.32 Å². The van der Waals surface area contributed by atoms with Gasteiger partial charge in [-0.25, -0.2) is 0 Å². The monoisotopic (exact) mass is 198 g/mol. The Labute approximate surface area is 86.9 Å². The first-order valence-corrected chi connectivity index (χ1v) is 5.70. The zero-order valence-corrected chi connectivity index (χ0v) is 9.38. The molecule has 14 heavy (non-hydrogen) atoms. The molecule has 0 aromatic heterocycles. The molecular weight excluding hydrogens is 176 g/mol. The summed E-state index contributed by atoms with van der Waals surface area (Å²) < 4.78 is 0. The van der Waals surface area contributed by atoms with Gasteiger partial charge in [0.2, 0.25) is 5.91 Å². The molecule has 1 amide bonds. The number of nitrogens with zero attached hydrogens (tertiary/aromatic N) is 1. The molecule has 0 aromatic rings. The van der Waals surface area contributed by atoms with E-state index < -0.39 is 0 Å². The SMILES string of the molecule is CCCCNC(=O)C1CCCN(C)C1. The Hall–Kier alpha value is -0.570. The number of likely N-dealkylation sites (tertiary alicyclic amines) is 1. The van der Waals surface area contributed by atoms with Crippen molar-refractivity contribution in [3.8, 4) is 0 Å². The number of carbonyl (C=O) groups excluding carboxylic acids is 1. The minimum absolute atomic E-state index is 0.227. The van der Waals surface area contributed by atoms with Crippen LogP contribution in [0.4, 0.5) is 0 Å². The quantitative estimate of drug-likeness (QED) is 0.689. The van der Waals surface area contributed by atoms with E-state index in [2.05, 4.69) is 24.2 Å². The molecule has 3 nitrogen and oxygen atoms in total. The van der Waals surface area contributed by atoms with Crippen molar-refractivity contribution in [3.63, 3.8) is 0 Å². The summed E-state index contributed by atoms with van der Waals surface area (Å²) in [7, 11) is 2.09. The van der Waals surface area contributed by atoms with Crippen molar-refractivity contribution in [2.24, 2.45) is 5.92 Å². The Balaban J connectivity index is 2.22. The largest absolute Gasteiger partial charge is 0.356 e. The van der Waals surface area contributed by atoms with Gasteiger partial charge in [-0.05, 0) is 32.9 Å². The number of hydrogen-bond donors (Lipinski definition) is 1. The molecule has 3 heteroatoms. The number of amides is 1. The molecule has 1 unspecified atom stereocenters. The van der Waals surface area contributed by atoms with Crippen molar-refractivity contribution in [3.05, 3.63) is 0 Å². The van der Waals surface area contributed by atoms with E-state index in [-0.39, 0.29) is 11.8 Å². The van der Waals surface area contributed by atoms with Gasteiger partial charge in [-0.15, -0.1) is 0 Å². The van der Waals surface area contributed by atoms with Gasteiger partial charge in [0.05, 0.1) is 5.92 Å². The first kappa shape index (κ1) is 11.5. The number of piperidine rings is 1. The van der Waals surface area contributed by atoms with Gasteiger partial charge in [-0.2, -0.15) is 0 Å². The van der Waals surface area contributed by atoms with Crippen LogP contribution in [0.25, 0.3) is 0 Å². The molecule has 1 atom stereocenters. The van der Waals surface area contributed by atoms with Crippen LogP contribution in [0.3, 0.4) is 0 Å². The molecule has 0 bridgehead atoms. The molecule has 1 fully saturated rings. The van der Waals surface area contributed by atoms with Crippen LogP contribution in [0.5, 0.6) is 0 Å². The molecule has 1 saturated heterocycles. The first-order chi connectivity index (χ1) is 6.74. The molecule has 1 heterocycles. The van der Waals surface area contributed by atoms with Gasteiger partial charge in [0.25, 0.3) is 0 Å². The second-order valence-electron chi connectivity index (χ2n) is 4.25. The molecule has 0 aromatic carbocycles. The third kappa shape index (κ3) is 3.66. The first-order valence-electron chi connectivity index (χ1n) is 5.70. The van der Waals surface area contributed by atoms with Crippen molar-refractivity contribution < 1.29 is 4.79 Å². The van der Waals surface area contributed by atoms with Crippen LogP contribution in [-0.2, 0) is 4.79 Å². The van der Waals surface area contributed by atoms with E-state index in [1.807, 2.05) is 0 Å². The summed E-state index contributed by atoms with van der Waals surface area (Å²) in [5.41, 5.74) is 0. The van der Waals surface area contributed by atoms with Gasteiger partial charge < -0.3 is 10.2 Å². The summed E-state index contributed by atoms with van der Waals surface area (Å²) in [4.78, 5) is 13.9. The Morgan fingerprint density at radius 2 is 2.36 bits per heavy atom. The van der Waals surface area contributed by atoms with Gasteiger partial charge in [0, 0.05) is 13.1 Å². The topological polar surface area (TPSA) is 32.3 Å². The van der Waals surface area contributed by atoms with Gasteiger partial charge in [-0.1, -0.05) is 13.3 Å². The van der Waals surface area contributed by atoms with E-state index in [0.717, 1.165) is 45.3 Å². The van der Waals surface area contributed by atoms with E-state index >= 15 is 0 Å². The number of carbonyl (C=O) groups is 1. The van der Waals surface area contributed by atoms with Gasteiger partial charge in [-0.3, -0.25) is 4.79 Å². The highest BCUT2D eigenvalue weighted by atomic mass is 16.1. The Morgan fingerprint density at radius 1 is 1.57 bits per heavy atom. The fourth-order valence-electron chi connectivity index (χ4n) is 1.91. The Kier molecular flexibility index (Phi) is 4.94. The van der Waals surface area contributed by atoms with Crippen molar-refractivity contribution in [2.75, 3.05) is 26.7 Å². The van der Waals surface area contributed by atoms with E-state index in [4.69, 9.17) is 0 Å². The van der Waals surface area contributed by atoms with Gasteiger partial charge in [0.1, 0.15) is 0 Å². The van der Waals surface area contributed by atoms with E-state index in [1.165, 1.54) is 0 Å². The summed E-state index contributed by atoms with van der Waals surface area (Å²) in [6.07, 6.45) is 4.45. The molecule has 1 aliphatic rings. The van der Waals surface area contributed by atoms with Crippen LogP contribution in [0.2, 0.25) is 0 Å². The minimum Gasteiger partial charge on any atom is -0.356 e. The predicted octanol–water partition coefficient (Wildman–Crippen LogP) is 1.24. The Bertz CT molecular complexity index is 182. The maximum atomic E-state index is 11.7. The molecule has 0 aliphatic carbocycles. The summed E-state index contributed by atoms with van der Waals surface area (Å²) in [6.45, 7) is 5.05. The van der Waals surface area contributed by atoms with Gasteiger partial charge in [0.15, 0.2) is 0 Å². The normalized spacial score (nSPS) is 23.4. The number of nitrogens with one attached hydrogen (secondary N) is 1. The second-order valence-corrected chi connectivity index (χ2v) is 4.25. The standard InChI is InChI=1S/C11H22N2O/c1-3-4-7-12-11(14)10-6-5-8-13(2)9-10/h10H,3-9H2,1-2H3,(H,12,14). The predicted molar refractivity (Wildman–Crippen MR) is 58.1 cm³/mol. The molecule has 1 aliphatic heterocycles. The number of unbranched alkanes of at least 4 members (excludes halogenated alkanes) is 1. The molecular formula is C11H22N2O. The Morgan fingerprint density at radius 3 is 3.00 bits per heavy atom. The third-order valence-electron chi connectivity index (χ3n) is 2.82. The fourth-order valence-corrected chi connectivity index (χ4v) is 1.91. The molecule has 82 valence electrons. The van der Waals surface area contributed by atoms with Crippen LogP contribution in [0.1, 0.15) is 32.6 Å². The highest BCUT2D eigenvalue weighted by Gasteiger charge is 2.23. The van der Waals surface area contributed by atoms with Crippen molar-refractivity contribution >= 4 is 5.91 Å². The minimum atomic E-state index is 0.227. The average Bonchev–Trinajstić information content (AvgIpc) is 2.18. The van der Waals surface area contributed by atoms with Crippen LogP contribution in [0.15, 0.2) is 0 Å². The van der Waals surface area contributed by atoms with Crippen LogP contribution >= 0.6 is 0 Å².